The van der Waals surface area contributed by atoms with Gasteiger partial charge in [0, 0.05) is 48.1 Å². The molecular weight excluding hydrogens is 534 g/mol. The Balaban J connectivity index is 1.38. The summed E-state index contributed by atoms with van der Waals surface area (Å²) < 4.78 is 0.946. The Bertz CT molecular complexity index is 1430. The number of benzene rings is 3. The Kier molecular flexibility index (Phi) is 7.69. The third-order valence-electron chi connectivity index (χ3n) is 7.54. The summed E-state index contributed by atoms with van der Waals surface area (Å²) in [6.07, 6.45) is 1.06. The van der Waals surface area contributed by atoms with Crippen molar-refractivity contribution in [1.29, 1.82) is 0 Å². The van der Waals surface area contributed by atoms with Gasteiger partial charge in [0.1, 0.15) is 0 Å². The van der Waals surface area contributed by atoms with Gasteiger partial charge in [0.15, 0.2) is 0 Å². The maximum atomic E-state index is 13.9. The van der Waals surface area contributed by atoms with Crippen molar-refractivity contribution in [3.05, 3.63) is 99.5 Å². The molecule has 0 bridgehead atoms. The Morgan fingerprint density at radius 1 is 0.868 bits per heavy atom. The van der Waals surface area contributed by atoms with E-state index in [0.717, 1.165) is 71.3 Å². The molecule has 1 aliphatic heterocycles. The molecule has 196 valence electrons. The highest BCUT2D eigenvalue weighted by Crippen LogP contribution is 2.30. The fourth-order valence-electron chi connectivity index (χ4n) is 5.08. The zero-order chi connectivity index (χ0) is 26.9. The Morgan fingerprint density at radius 2 is 1.53 bits per heavy atom. The second kappa shape index (κ2) is 11.0. The van der Waals surface area contributed by atoms with Gasteiger partial charge in [-0.1, -0.05) is 92.2 Å². The molecule has 1 aliphatic rings. The third-order valence-corrected chi connectivity index (χ3v) is 8.04. The van der Waals surface area contributed by atoms with Crippen LogP contribution in [0.1, 0.15) is 54.7 Å². The molecular formula is C33H36BrN3O. The number of fused-ring (bicyclic) bond motifs is 1. The molecule has 38 heavy (non-hydrogen) atoms. The molecule has 0 atom stereocenters. The van der Waals surface area contributed by atoms with E-state index < -0.39 is 0 Å². The van der Waals surface area contributed by atoms with Gasteiger partial charge < -0.3 is 4.90 Å². The average molecular weight is 571 g/mol. The molecule has 5 rings (SSSR count). The van der Waals surface area contributed by atoms with Gasteiger partial charge in [-0.2, -0.15) is 0 Å². The predicted octanol–water partition coefficient (Wildman–Crippen LogP) is 7.48. The van der Waals surface area contributed by atoms with Crippen LogP contribution >= 0.6 is 15.9 Å². The summed E-state index contributed by atoms with van der Waals surface area (Å²) in [6, 6.07) is 25.4. The number of rotatable bonds is 5. The summed E-state index contributed by atoms with van der Waals surface area (Å²) in [5, 5.41) is 0.887. The Morgan fingerprint density at radius 3 is 2.16 bits per heavy atom. The summed E-state index contributed by atoms with van der Waals surface area (Å²) in [6.45, 7) is 12.9. The Hall–Kier alpha value is -3.02. The van der Waals surface area contributed by atoms with Crippen LogP contribution in [-0.2, 0) is 18.4 Å². The highest BCUT2D eigenvalue weighted by Gasteiger charge is 2.25. The minimum atomic E-state index is 0.0787. The van der Waals surface area contributed by atoms with E-state index >= 15 is 0 Å². The van der Waals surface area contributed by atoms with E-state index in [4.69, 9.17) is 4.98 Å². The lowest BCUT2D eigenvalue weighted by Crippen LogP contribution is -2.48. The lowest BCUT2D eigenvalue weighted by atomic mass is 9.86. The van der Waals surface area contributed by atoms with E-state index in [9.17, 15) is 4.79 Å². The topological polar surface area (TPSA) is 36.4 Å². The minimum Gasteiger partial charge on any atom is -0.336 e. The third kappa shape index (κ3) is 5.84. The summed E-state index contributed by atoms with van der Waals surface area (Å²) >= 11 is 3.59. The lowest BCUT2D eigenvalue weighted by molar-refractivity contribution is 0.0630. The van der Waals surface area contributed by atoms with Crippen LogP contribution in [0.3, 0.4) is 0 Å². The second-order valence-corrected chi connectivity index (χ2v) is 12.2. The van der Waals surface area contributed by atoms with E-state index in [-0.39, 0.29) is 11.3 Å². The number of amides is 1. The van der Waals surface area contributed by atoms with Gasteiger partial charge in [-0.3, -0.25) is 9.69 Å². The number of hydrogen-bond acceptors (Lipinski definition) is 3. The molecule has 4 nitrogen and oxygen atoms in total. The Labute approximate surface area is 234 Å². The van der Waals surface area contributed by atoms with E-state index in [1.807, 2.05) is 29.2 Å². The van der Waals surface area contributed by atoms with E-state index in [1.54, 1.807) is 0 Å². The van der Waals surface area contributed by atoms with Crippen LogP contribution in [0.25, 0.3) is 22.2 Å². The second-order valence-electron chi connectivity index (χ2n) is 11.3. The molecule has 1 aromatic heterocycles. The number of nitrogens with zero attached hydrogens (tertiary/aromatic N) is 3. The van der Waals surface area contributed by atoms with Crippen molar-refractivity contribution in [3.8, 4) is 11.3 Å². The monoisotopic (exact) mass is 569 g/mol. The lowest BCUT2D eigenvalue weighted by Gasteiger charge is -2.35. The van der Waals surface area contributed by atoms with Crippen LogP contribution in [0.5, 0.6) is 0 Å². The number of carbonyl (C=O) groups is 1. The molecule has 2 heterocycles. The average Bonchev–Trinajstić information content (AvgIpc) is 2.92. The first-order chi connectivity index (χ1) is 18.2. The summed E-state index contributed by atoms with van der Waals surface area (Å²) in [7, 11) is 0. The summed E-state index contributed by atoms with van der Waals surface area (Å²) in [4.78, 5) is 23.3. The van der Waals surface area contributed by atoms with Gasteiger partial charge >= 0.3 is 0 Å². The maximum Gasteiger partial charge on any atom is 0.254 e. The molecule has 5 heteroatoms. The number of piperazine rings is 1. The number of aromatic nitrogens is 1. The largest absolute Gasteiger partial charge is 0.336 e. The van der Waals surface area contributed by atoms with Crippen molar-refractivity contribution in [2.24, 2.45) is 0 Å². The number of carbonyl (C=O) groups excluding carboxylic acids is 1. The number of aryl methyl sites for hydroxylation is 1. The van der Waals surface area contributed by atoms with Crippen LogP contribution < -0.4 is 0 Å². The van der Waals surface area contributed by atoms with Crippen molar-refractivity contribution < 1.29 is 4.79 Å². The number of halogens is 1. The van der Waals surface area contributed by atoms with Gasteiger partial charge in [0.25, 0.3) is 5.91 Å². The van der Waals surface area contributed by atoms with Crippen molar-refractivity contribution in [1.82, 2.24) is 14.8 Å². The van der Waals surface area contributed by atoms with E-state index in [1.165, 1.54) is 16.7 Å². The van der Waals surface area contributed by atoms with Crippen LogP contribution in [0.15, 0.2) is 77.3 Å². The van der Waals surface area contributed by atoms with Crippen molar-refractivity contribution in [3.63, 3.8) is 0 Å². The first-order valence-corrected chi connectivity index (χ1v) is 14.3. The highest BCUT2D eigenvalue weighted by atomic mass is 79.9. The molecule has 1 amide bonds. The van der Waals surface area contributed by atoms with Crippen LogP contribution in [0, 0.1) is 0 Å². The molecule has 4 aromatic rings. The molecule has 0 spiro atoms. The number of pyridine rings is 1. The summed E-state index contributed by atoms with van der Waals surface area (Å²) in [5.74, 6) is 0.0787. The normalized spacial score (nSPS) is 14.7. The van der Waals surface area contributed by atoms with Crippen molar-refractivity contribution in [2.45, 2.75) is 46.1 Å². The molecule has 0 radical (unpaired) electrons. The number of hydrogen-bond donors (Lipinski definition) is 0. The predicted molar refractivity (Wildman–Crippen MR) is 161 cm³/mol. The maximum absolute atomic E-state index is 13.9. The van der Waals surface area contributed by atoms with E-state index in [0.29, 0.717) is 0 Å². The zero-order valence-electron chi connectivity index (χ0n) is 22.8. The zero-order valence-corrected chi connectivity index (χ0v) is 24.4. The first-order valence-electron chi connectivity index (χ1n) is 13.5. The molecule has 0 unspecified atom stereocenters. The summed E-state index contributed by atoms with van der Waals surface area (Å²) in [5.41, 5.74) is 7.47. The first kappa shape index (κ1) is 26.6. The van der Waals surface area contributed by atoms with Crippen LogP contribution in [0.2, 0.25) is 0 Å². The molecule has 0 N–H and O–H groups in total. The smallest absolute Gasteiger partial charge is 0.254 e. The molecule has 1 fully saturated rings. The van der Waals surface area contributed by atoms with Crippen LogP contribution in [-0.4, -0.2) is 46.9 Å². The van der Waals surface area contributed by atoms with Crippen molar-refractivity contribution in [2.75, 3.05) is 26.2 Å². The molecule has 0 aliphatic carbocycles. The van der Waals surface area contributed by atoms with Crippen molar-refractivity contribution >= 4 is 32.7 Å². The minimum absolute atomic E-state index is 0.0787. The van der Waals surface area contributed by atoms with E-state index in [2.05, 4.69) is 97.1 Å². The van der Waals surface area contributed by atoms with Gasteiger partial charge in [-0.15, -0.1) is 0 Å². The standard InChI is InChI=1S/C33H36BrN3O/c1-5-23-6-8-24(9-7-23)22-36-16-18-37(19-17-36)32(38)29-21-31(35-30-15-14-27(34)20-28(29)30)25-10-12-26(13-11-25)33(2,3)4/h6-15,20-21H,5,16-19,22H2,1-4H3. The molecule has 0 saturated carbocycles. The van der Waals surface area contributed by atoms with Gasteiger partial charge in [0.2, 0.25) is 0 Å². The molecule has 1 saturated heterocycles. The SMILES string of the molecule is CCc1ccc(CN2CCN(C(=O)c3cc(-c4ccc(C(C)(C)C)cc4)nc4ccc(Br)cc34)CC2)cc1. The highest BCUT2D eigenvalue weighted by molar-refractivity contribution is 9.10. The van der Waals surface area contributed by atoms with Gasteiger partial charge in [0.05, 0.1) is 16.8 Å². The fourth-order valence-corrected chi connectivity index (χ4v) is 5.44. The van der Waals surface area contributed by atoms with Gasteiger partial charge in [-0.25, -0.2) is 4.98 Å². The quantitative estimate of drug-likeness (QED) is 0.250. The fraction of sp³-hybridized carbons (Fsp3) is 0.333. The van der Waals surface area contributed by atoms with Gasteiger partial charge in [-0.05, 0) is 52.8 Å². The van der Waals surface area contributed by atoms with Crippen LogP contribution in [0.4, 0.5) is 0 Å². The molecule has 3 aromatic carbocycles.